The molecule has 2 aromatic rings. The predicted molar refractivity (Wildman–Crippen MR) is 90.1 cm³/mol. The molecule has 118 valence electrons. The molecule has 0 spiro atoms. The third kappa shape index (κ3) is 2.47. The van der Waals surface area contributed by atoms with Crippen molar-refractivity contribution < 1.29 is 9.59 Å². The molecule has 0 saturated heterocycles. The van der Waals surface area contributed by atoms with E-state index in [0.717, 1.165) is 11.3 Å². The van der Waals surface area contributed by atoms with Gasteiger partial charge in [0, 0.05) is 30.8 Å². The molecule has 1 aliphatic rings. The number of hydrogen-bond donors (Lipinski definition) is 1. The number of carbonyl (C=O) groups excluding carboxylic acids is 2. The number of hydrogen-bond acceptors (Lipinski definition) is 3. The van der Waals surface area contributed by atoms with Crippen LogP contribution in [0.4, 0.5) is 11.4 Å². The maximum absolute atomic E-state index is 12.3. The molecule has 1 aromatic carbocycles. The van der Waals surface area contributed by atoms with Gasteiger partial charge in [0.25, 0.3) is 5.91 Å². The Balaban J connectivity index is 1.91. The van der Waals surface area contributed by atoms with Crippen LogP contribution in [-0.4, -0.2) is 23.8 Å². The molecule has 6 heteroatoms. The molecule has 3 rings (SSSR count). The first-order chi connectivity index (χ1) is 10.8. The van der Waals surface area contributed by atoms with Crippen LogP contribution >= 0.6 is 11.6 Å². The quantitative estimate of drug-likeness (QED) is 0.920. The number of likely N-dealkylation sites (N-methyl/N-ethyl adjacent to an activating group) is 1. The van der Waals surface area contributed by atoms with Crippen molar-refractivity contribution in [3.05, 3.63) is 52.8 Å². The van der Waals surface area contributed by atoms with Crippen LogP contribution in [0, 0.1) is 0 Å². The number of aromatic nitrogens is 1. The highest BCUT2D eigenvalue weighted by Crippen LogP contribution is 2.41. The van der Waals surface area contributed by atoms with E-state index in [9.17, 15) is 9.59 Å². The Kier molecular flexibility index (Phi) is 3.60. The van der Waals surface area contributed by atoms with Gasteiger partial charge in [0.1, 0.15) is 0 Å². The molecule has 0 fully saturated rings. The van der Waals surface area contributed by atoms with Gasteiger partial charge >= 0.3 is 0 Å². The lowest BCUT2D eigenvalue weighted by Gasteiger charge is -2.16. The fourth-order valence-electron chi connectivity index (χ4n) is 2.80. The Morgan fingerprint density at radius 2 is 2.04 bits per heavy atom. The van der Waals surface area contributed by atoms with Gasteiger partial charge in [-0.2, -0.15) is 0 Å². The van der Waals surface area contributed by atoms with Crippen LogP contribution < -0.4 is 10.2 Å². The lowest BCUT2D eigenvalue weighted by molar-refractivity contribution is -0.121. The number of pyridine rings is 1. The van der Waals surface area contributed by atoms with Crippen molar-refractivity contribution in [1.82, 2.24) is 4.98 Å². The summed E-state index contributed by atoms with van der Waals surface area (Å²) in [5.74, 6) is -0.305. The molecule has 2 heterocycles. The molecule has 1 aromatic heterocycles. The number of carbonyl (C=O) groups is 2. The van der Waals surface area contributed by atoms with Crippen LogP contribution in [0.25, 0.3) is 0 Å². The topological polar surface area (TPSA) is 62.3 Å². The molecule has 23 heavy (non-hydrogen) atoms. The summed E-state index contributed by atoms with van der Waals surface area (Å²) in [6.45, 7) is 3.79. The van der Waals surface area contributed by atoms with Gasteiger partial charge in [-0.15, -0.1) is 0 Å². The Morgan fingerprint density at radius 3 is 2.74 bits per heavy atom. The molecule has 0 radical (unpaired) electrons. The minimum absolute atomic E-state index is 0.0336. The average Bonchev–Trinajstić information content (AvgIpc) is 2.68. The zero-order valence-electron chi connectivity index (χ0n) is 13.1. The van der Waals surface area contributed by atoms with Gasteiger partial charge in [0.05, 0.1) is 16.0 Å². The first-order valence-electron chi connectivity index (χ1n) is 7.16. The van der Waals surface area contributed by atoms with E-state index in [1.165, 1.54) is 12.4 Å². The second-order valence-corrected chi connectivity index (χ2v) is 6.44. The molecule has 0 saturated carbocycles. The third-order valence-electron chi connectivity index (χ3n) is 4.14. The predicted octanol–water partition coefficient (Wildman–Crippen LogP) is 3.24. The smallest absolute Gasteiger partial charge is 0.258 e. The summed E-state index contributed by atoms with van der Waals surface area (Å²) < 4.78 is 0. The monoisotopic (exact) mass is 329 g/mol. The largest absolute Gasteiger partial charge is 0.322 e. The van der Waals surface area contributed by atoms with Crippen LogP contribution in [0.3, 0.4) is 0 Å². The van der Waals surface area contributed by atoms with Crippen molar-refractivity contribution in [3.63, 3.8) is 0 Å². The van der Waals surface area contributed by atoms with Crippen LogP contribution in [0.2, 0.25) is 5.02 Å². The number of benzene rings is 1. The Morgan fingerprint density at radius 1 is 1.30 bits per heavy atom. The summed E-state index contributed by atoms with van der Waals surface area (Å²) in [5, 5.41) is 3.13. The Hall–Kier alpha value is -2.40. The molecule has 0 aliphatic carbocycles. The fraction of sp³-hybridized carbons (Fsp3) is 0.235. The number of nitrogens with zero attached hydrogens (tertiary/aromatic N) is 2. The van der Waals surface area contributed by atoms with E-state index >= 15 is 0 Å². The maximum Gasteiger partial charge on any atom is 0.258 e. The van der Waals surface area contributed by atoms with E-state index in [0.29, 0.717) is 16.3 Å². The highest BCUT2D eigenvalue weighted by molar-refractivity contribution is 6.34. The van der Waals surface area contributed by atoms with Gasteiger partial charge in [-0.3, -0.25) is 14.6 Å². The normalized spacial score (nSPS) is 15.5. The van der Waals surface area contributed by atoms with Crippen molar-refractivity contribution in [2.75, 3.05) is 17.3 Å². The molecule has 1 N–H and O–H groups in total. The second kappa shape index (κ2) is 5.35. The lowest BCUT2D eigenvalue weighted by atomic mass is 9.86. The van der Waals surface area contributed by atoms with E-state index in [2.05, 4.69) is 10.3 Å². The molecule has 2 amide bonds. The zero-order chi connectivity index (χ0) is 16.8. The number of anilines is 2. The van der Waals surface area contributed by atoms with Crippen LogP contribution in [0.15, 0.2) is 36.7 Å². The van der Waals surface area contributed by atoms with Crippen LogP contribution in [0.1, 0.15) is 29.8 Å². The van der Waals surface area contributed by atoms with Gasteiger partial charge in [-0.1, -0.05) is 17.7 Å². The van der Waals surface area contributed by atoms with Crippen molar-refractivity contribution in [2.45, 2.75) is 19.3 Å². The van der Waals surface area contributed by atoms with E-state index in [1.54, 1.807) is 30.1 Å². The van der Waals surface area contributed by atoms with Gasteiger partial charge in [0.2, 0.25) is 5.91 Å². The highest BCUT2D eigenvalue weighted by atomic mass is 35.5. The summed E-state index contributed by atoms with van der Waals surface area (Å²) in [7, 11) is 1.74. The molecular weight excluding hydrogens is 314 g/mol. The number of halogens is 1. The summed E-state index contributed by atoms with van der Waals surface area (Å²) in [6, 6.07) is 7.02. The molecular formula is C17H16ClN3O2. The first-order valence-corrected chi connectivity index (χ1v) is 7.53. The van der Waals surface area contributed by atoms with E-state index in [-0.39, 0.29) is 11.8 Å². The Bertz CT molecular complexity index is 817. The molecule has 0 atom stereocenters. The van der Waals surface area contributed by atoms with Crippen LogP contribution in [-0.2, 0) is 10.2 Å². The van der Waals surface area contributed by atoms with Crippen molar-refractivity contribution in [3.8, 4) is 0 Å². The summed E-state index contributed by atoms with van der Waals surface area (Å²) in [4.78, 5) is 30.1. The molecule has 1 aliphatic heterocycles. The number of fused-ring (bicyclic) bond motifs is 1. The third-order valence-corrected chi connectivity index (χ3v) is 4.47. The standard InChI is InChI=1S/C17H16ClN3O2/c1-17(2)12-5-4-10(8-14(12)21(3)16(17)23)20-15(22)11-9-19-7-6-13(11)18/h4-9H,1-3H3,(H,20,22). The van der Waals surface area contributed by atoms with Gasteiger partial charge in [0.15, 0.2) is 0 Å². The average molecular weight is 330 g/mol. The van der Waals surface area contributed by atoms with E-state index in [1.807, 2.05) is 19.9 Å². The summed E-state index contributed by atoms with van der Waals surface area (Å²) >= 11 is 6.01. The number of nitrogens with one attached hydrogen (secondary N) is 1. The first kappa shape index (κ1) is 15.5. The second-order valence-electron chi connectivity index (χ2n) is 6.03. The molecule has 0 bridgehead atoms. The maximum atomic E-state index is 12.3. The minimum Gasteiger partial charge on any atom is -0.322 e. The highest BCUT2D eigenvalue weighted by Gasteiger charge is 2.42. The van der Waals surface area contributed by atoms with Crippen molar-refractivity contribution >= 4 is 34.8 Å². The summed E-state index contributed by atoms with van der Waals surface area (Å²) in [6.07, 6.45) is 2.95. The number of rotatable bonds is 2. The molecule has 5 nitrogen and oxygen atoms in total. The van der Waals surface area contributed by atoms with Gasteiger partial charge in [-0.25, -0.2) is 0 Å². The van der Waals surface area contributed by atoms with Gasteiger partial charge < -0.3 is 10.2 Å². The van der Waals surface area contributed by atoms with Crippen molar-refractivity contribution in [1.29, 1.82) is 0 Å². The number of amides is 2. The fourth-order valence-corrected chi connectivity index (χ4v) is 2.99. The molecule has 0 unspecified atom stereocenters. The van der Waals surface area contributed by atoms with E-state index < -0.39 is 5.41 Å². The van der Waals surface area contributed by atoms with Gasteiger partial charge in [-0.05, 0) is 37.6 Å². The SMILES string of the molecule is CN1C(=O)C(C)(C)c2ccc(NC(=O)c3cnccc3Cl)cc21. The van der Waals surface area contributed by atoms with Crippen molar-refractivity contribution in [2.24, 2.45) is 0 Å². The summed E-state index contributed by atoms with van der Waals surface area (Å²) in [5.41, 5.74) is 2.10. The van der Waals surface area contributed by atoms with Crippen LogP contribution in [0.5, 0.6) is 0 Å². The Labute approximate surface area is 139 Å². The minimum atomic E-state index is -0.556. The van der Waals surface area contributed by atoms with E-state index in [4.69, 9.17) is 11.6 Å². The zero-order valence-corrected chi connectivity index (χ0v) is 13.8. The lowest BCUT2D eigenvalue weighted by Crippen LogP contribution is -2.33.